The molecule has 0 saturated carbocycles. The summed E-state index contributed by atoms with van der Waals surface area (Å²) in [7, 11) is 1.63. The van der Waals surface area contributed by atoms with Gasteiger partial charge in [0.25, 0.3) is 5.91 Å². The van der Waals surface area contributed by atoms with Crippen LogP contribution in [-0.4, -0.2) is 32.0 Å². The average molecular weight is 373 g/mol. The zero-order valence-corrected chi connectivity index (χ0v) is 16.7. The summed E-state index contributed by atoms with van der Waals surface area (Å²) in [5.74, 6) is 0.695. The maximum Gasteiger partial charge on any atom is 0.251 e. The lowest BCUT2D eigenvalue weighted by atomic mass is 9.91. The third kappa shape index (κ3) is 5.59. The van der Waals surface area contributed by atoms with Gasteiger partial charge in [0.05, 0.1) is 6.54 Å². The molecule has 1 heterocycles. The topological polar surface area (TPSA) is 65.5 Å². The van der Waals surface area contributed by atoms with Gasteiger partial charge in [0.1, 0.15) is 0 Å². The van der Waals surface area contributed by atoms with Gasteiger partial charge in [0, 0.05) is 36.0 Å². The van der Waals surface area contributed by atoms with Crippen LogP contribution in [0, 0.1) is 0 Å². The first-order valence-corrected chi connectivity index (χ1v) is 9.71. The molecule has 0 aliphatic rings. The number of hydrogen-bond donors (Lipinski definition) is 3. The van der Waals surface area contributed by atoms with Crippen LogP contribution in [0.25, 0.3) is 0 Å². The van der Waals surface area contributed by atoms with E-state index in [1.54, 1.807) is 24.5 Å². The second-order valence-corrected chi connectivity index (χ2v) is 7.64. The first-order chi connectivity index (χ1) is 12.5. The summed E-state index contributed by atoms with van der Waals surface area (Å²) in [5.41, 5.74) is 1.68. The summed E-state index contributed by atoms with van der Waals surface area (Å²) in [5, 5.41) is 11.5. The van der Waals surface area contributed by atoms with Gasteiger partial charge >= 0.3 is 0 Å². The summed E-state index contributed by atoms with van der Waals surface area (Å²) >= 11 is 1.77. The molecule has 0 aliphatic carbocycles. The number of carbonyl (C=O) groups excluding carboxylic acids is 1. The minimum atomic E-state index is -0.0847. The first kappa shape index (κ1) is 20.0. The number of carbonyl (C=O) groups is 1. The molecule has 0 saturated heterocycles. The summed E-state index contributed by atoms with van der Waals surface area (Å²) in [6.07, 6.45) is 0. The highest BCUT2D eigenvalue weighted by molar-refractivity contribution is 7.10. The van der Waals surface area contributed by atoms with Crippen molar-refractivity contribution in [2.45, 2.75) is 32.7 Å². The van der Waals surface area contributed by atoms with Crippen molar-refractivity contribution in [1.29, 1.82) is 0 Å². The van der Waals surface area contributed by atoms with Crippen molar-refractivity contribution in [3.8, 4) is 0 Å². The standard InChI is InChI=1S/C20H28N4OS/c1-5-22-19(24-14-20(2,3)17-10-7-11-26-17)23-13-15-8-6-9-16(12-15)18(25)21-4/h6-12H,5,13-14H2,1-4H3,(H,21,25)(H2,22,23,24). The van der Waals surface area contributed by atoms with E-state index < -0.39 is 0 Å². The number of hydrogen-bond acceptors (Lipinski definition) is 3. The Morgan fingerprint density at radius 1 is 1.19 bits per heavy atom. The van der Waals surface area contributed by atoms with Gasteiger partial charge in [0.15, 0.2) is 5.96 Å². The molecule has 1 aromatic heterocycles. The van der Waals surface area contributed by atoms with Gasteiger partial charge in [-0.05, 0) is 36.1 Å². The van der Waals surface area contributed by atoms with Crippen molar-refractivity contribution < 1.29 is 4.79 Å². The molecular weight excluding hydrogens is 344 g/mol. The molecule has 0 unspecified atom stereocenters. The zero-order chi connectivity index (χ0) is 19.0. The highest BCUT2D eigenvalue weighted by Gasteiger charge is 2.21. The number of thiophene rings is 1. The maximum absolute atomic E-state index is 11.8. The summed E-state index contributed by atoms with van der Waals surface area (Å²) in [6, 6.07) is 11.8. The van der Waals surface area contributed by atoms with Gasteiger partial charge < -0.3 is 16.0 Å². The monoisotopic (exact) mass is 372 g/mol. The van der Waals surface area contributed by atoms with Crippen molar-refractivity contribution in [2.75, 3.05) is 20.1 Å². The number of guanidine groups is 1. The van der Waals surface area contributed by atoms with E-state index in [1.165, 1.54) is 4.88 Å². The molecule has 2 aromatic rings. The van der Waals surface area contributed by atoms with Crippen molar-refractivity contribution in [3.05, 3.63) is 57.8 Å². The molecule has 1 aromatic carbocycles. The van der Waals surface area contributed by atoms with Crippen LogP contribution in [0.2, 0.25) is 0 Å². The molecule has 0 radical (unpaired) electrons. The van der Waals surface area contributed by atoms with Gasteiger partial charge in [-0.25, -0.2) is 4.99 Å². The largest absolute Gasteiger partial charge is 0.357 e. The molecule has 5 nitrogen and oxygen atoms in total. The normalized spacial score (nSPS) is 11.9. The Hall–Kier alpha value is -2.34. The number of aliphatic imine (C=N–C) groups is 1. The van der Waals surface area contributed by atoms with E-state index >= 15 is 0 Å². The fourth-order valence-corrected chi connectivity index (χ4v) is 3.37. The van der Waals surface area contributed by atoms with Crippen molar-refractivity contribution in [3.63, 3.8) is 0 Å². The van der Waals surface area contributed by atoms with Crippen LogP contribution < -0.4 is 16.0 Å². The highest BCUT2D eigenvalue weighted by atomic mass is 32.1. The Kier molecular flexibility index (Phi) is 7.21. The molecular formula is C20H28N4OS. The van der Waals surface area contributed by atoms with Gasteiger partial charge in [-0.15, -0.1) is 11.3 Å². The lowest BCUT2D eigenvalue weighted by molar-refractivity contribution is 0.0963. The predicted molar refractivity (Wildman–Crippen MR) is 110 cm³/mol. The number of amides is 1. The molecule has 0 fully saturated rings. The second kappa shape index (κ2) is 9.38. The number of benzene rings is 1. The van der Waals surface area contributed by atoms with E-state index in [9.17, 15) is 4.79 Å². The van der Waals surface area contributed by atoms with Gasteiger partial charge in [0.2, 0.25) is 0 Å². The molecule has 140 valence electrons. The van der Waals surface area contributed by atoms with Crippen LogP contribution in [0.1, 0.15) is 41.6 Å². The van der Waals surface area contributed by atoms with Crippen molar-refractivity contribution >= 4 is 23.2 Å². The van der Waals surface area contributed by atoms with Gasteiger partial charge in [-0.2, -0.15) is 0 Å². The summed E-state index contributed by atoms with van der Waals surface area (Å²) in [6.45, 7) is 8.60. The molecule has 3 N–H and O–H groups in total. The van der Waals surface area contributed by atoms with E-state index in [2.05, 4.69) is 52.3 Å². The van der Waals surface area contributed by atoms with Crippen LogP contribution >= 0.6 is 11.3 Å². The Bertz CT molecular complexity index is 738. The van der Waals surface area contributed by atoms with E-state index in [0.717, 1.165) is 24.6 Å². The molecule has 0 spiro atoms. The Labute approximate surface area is 159 Å². The molecule has 0 bridgehead atoms. The van der Waals surface area contributed by atoms with Crippen LogP contribution in [0.3, 0.4) is 0 Å². The van der Waals surface area contributed by atoms with E-state index in [1.807, 2.05) is 25.1 Å². The van der Waals surface area contributed by atoms with Crippen LogP contribution in [0.15, 0.2) is 46.8 Å². The minimum Gasteiger partial charge on any atom is -0.357 e. The third-order valence-corrected chi connectivity index (χ3v) is 5.30. The Balaban J connectivity index is 2.03. The fraction of sp³-hybridized carbons (Fsp3) is 0.400. The first-order valence-electron chi connectivity index (χ1n) is 8.83. The Morgan fingerprint density at radius 3 is 2.65 bits per heavy atom. The third-order valence-electron chi connectivity index (χ3n) is 4.07. The zero-order valence-electron chi connectivity index (χ0n) is 15.9. The van der Waals surface area contributed by atoms with Gasteiger partial charge in [-0.3, -0.25) is 4.79 Å². The number of nitrogens with zero attached hydrogens (tertiary/aromatic N) is 1. The molecule has 26 heavy (non-hydrogen) atoms. The lowest BCUT2D eigenvalue weighted by Gasteiger charge is -2.25. The second-order valence-electron chi connectivity index (χ2n) is 6.69. The smallest absolute Gasteiger partial charge is 0.251 e. The maximum atomic E-state index is 11.8. The fourth-order valence-electron chi connectivity index (χ4n) is 2.52. The highest BCUT2D eigenvalue weighted by Crippen LogP contribution is 2.26. The van der Waals surface area contributed by atoms with Gasteiger partial charge in [-0.1, -0.05) is 32.0 Å². The quantitative estimate of drug-likeness (QED) is 0.517. The van der Waals surface area contributed by atoms with E-state index in [0.29, 0.717) is 12.1 Å². The van der Waals surface area contributed by atoms with E-state index in [4.69, 9.17) is 0 Å². The average Bonchev–Trinajstić information content (AvgIpc) is 3.19. The van der Waals surface area contributed by atoms with Crippen molar-refractivity contribution in [2.24, 2.45) is 4.99 Å². The van der Waals surface area contributed by atoms with Crippen molar-refractivity contribution in [1.82, 2.24) is 16.0 Å². The van der Waals surface area contributed by atoms with Crippen LogP contribution in [0.4, 0.5) is 0 Å². The SMILES string of the molecule is CCNC(=NCc1cccc(C(=O)NC)c1)NCC(C)(C)c1cccs1. The molecule has 0 atom stereocenters. The predicted octanol–water partition coefficient (Wildman–Crippen LogP) is 3.14. The number of nitrogens with one attached hydrogen (secondary N) is 3. The van der Waals surface area contributed by atoms with Crippen LogP contribution in [-0.2, 0) is 12.0 Å². The molecule has 1 amide bonds. The van der Waals surface area contributed by atoms with E-state index in [-0.39, 0.29) is 11.3 Å². The Morgan fingerprint density at radius 2 is 2.00 bits per heavy atom. The summed E-state index contributed by atoms with van der Waals surface area (Å²) in [4.78, 5) is 17.8. The number of rotatable bonds is 7. The lowest BCUT2D eigenvalue weighted by Crippen LogP contribution is -2.43. The van der Waals surface area contributed by atoms with Crippen LogP contribution in [0.5, 0.6) is 0 Å². The molecule has 2 rings (SSSR count). The summed E-state index contributed by atoms with van der Waals surface area (Å²) < 4.78 is 0. The molecule has 6 heteroatoms. The molecule has 0 aliphatic heterocycles. The minimum absolute atomic E-state index is 0.0312.